The largest absolute Gasteiger partial charge is 0.473 e. The lowest BCUT2D eigenvalue weighted by Crippen LogP contribution is -2.46. The first-order valence-corrected chi connectivity index (χ1v) is 12.7. The Bertz CT molecular complexity index is 1160. The van der Waals surface area contributed by atoms with Crippen LogP contribution < -0.4 is 4.90 Å². The van der Waals surface area contributed by atoms with Gasteiger partial charge >= 0.3 is 11.9 Å². The number of carbonyl (C=O) groups is 2. The second kappa shape index (κ2) is 13.7. The molecule has 1 saturated heterocycles. The molecule has 9 nitrogen and oxygen atoms in total. The minimum Gasteiger partial charge on any atom is -0.473 e. The van der Waals surface area contributed by atoms with E-state index in [1.165, 1.54) is 10.8 Å². The lowest BCUT2D eigenvalue weighted by molar-refractivity contribution is -0.159. The molecule has 3 heterocycles. The van der Waals surface area contributed by atoms with Crippen molar-refractivity contribution >= 4 is 28.5 Å². The van der Waals surface area contributed by atoms with Crippen molar-refractivity contribution in [2.24, 2.45) is 0 Å². The van der Waals surface area contributed by atoms with Gasteiger partial charge in [0, 0.05) is 55.6 Å². The predicted molar refractivity (Wildman–Crippen MR) is 144 cm³/mol. The molecule has 3 aromatic rings. The highest BCUT2D eigenvalue weighted by atomic mass is 16.5. The molecular weight excluding hydrogens is 472 g/mol. The van der Waals surface area contributed by atoms with Crippen LogP contribution in [0.2, 0.25) is 0 Å². The number of nitrogens with zero attached hydrogens (tertiary/aromatic N) is 4. The van der Waals surface area contributed by atoms with E-state index in [0.29, 0.717) is 0 Å². The molecule has 0 atom stereocenters. The summed E-state index contributed by atoms with van der Waals surface area (Å²) in [6.45, 7) is 12.5. The number of carboxylic acids is 2. The zero-order valence-corrected chi connectivity index (χ0v) is 21.8. The molecule has 2 N–H and O–H groups in total. The molecular formula is C28H36N4O5. The van der Waals surface area contributed by atoms with E-state index in [9.17, 15) is 0 Å². The standard InChI is InChI=1S/C26H34N4O.C2H2O4/c1-4-29-13-15-30(16-14-29)26-24-10-6-5-8-21(24)18-25(28-26)22-11-12-23(27-19-22)9-7-17-31-20(2)3;3-1(4)2(5)6/h5-6,8,10-12,18-20H,4,7,9,13-17H2,1-3H3;(H,3,4)(H,5,6). The van der Waals surface area contributed by atoms with Crippen molar-refractivity contribution in [3.63, 3.8) is 0 Å². The lowest BCUT2D eigenvalue weighted by Gasteiger charge is -2.35. The molecule has 1 fully saturated rings. The van der Waals surface area contributed by atoms with Gasteiger partial charge in [0.2, 0.25) is 0 Å². The summed E-state index contributed by atoms with van der Waals surface area (Å²) in [6.07, 6.45) is 4.18. The van der Waals surface area contributed by atoms with Gasteiger partial charge in [-0.25, -0.2) is 14.6 Å². The maximum atomic E-state index is 9.10. The number of hydrogen-bond donors (Lipinski definition) is 2. The Morgan fingerprint density at radius 3 is 2.32 bits per heavy atom. The number of pyridine rings is 2. The summed E-state index contributed by atoms with van der Waals surface area (Å²) in [7, 11) is 0. The fourth-order valence-electron chi connectivity index (χ4n) is 4.14. The van der Waals surface area contributed by atoms with Crippen LogP contribution in [0.25, 0.3) is 22.0 Å². The van der Waals surface area contributed by atoms with Crippen LogP contribution in [0.4, 0.5) is 5.82 Å². The number of carboxylic acid groups (broad SMARTS) is 2. The highest BCUT2D eigenvalue weighted by molar-refractivity contribution is 6.27. The number of rotatable bonds is 8. The maximum Gasteiger partial charge on any atom is 0.414 e. The van der Waals surface area contributed by atoms with E-state index in [-0.39, 0.29) is 6.10 Å². The number of aryl methyl sites for hydroxylation is 1. The molecule has 0 saturated carbocycles. The molecule has 4 rings (SSSR count). The number of aromatic nitrogens is 2. The van der Waals surface area contributed by atoms with Crippen molar-refractivity contribution in [1.82, 2.24) is 14.9 Å². The van der Waals surface area contributed by atoms with Gasteiger partial charge in [0.25, 0.3) is 0 Å². The molecule has 0 spiro atoms. The monoisotopic (exact) mass is 508 g/mol. The van der Waals surface area contributed by atoms with Crippen LogP contribution in [0.1, 0.15) is 32.9 Å². The molecule has 0 bridgehead atoms. The molecule has 1 aliphatic heterocycles. The maximum absolute atomic E-state index is 9.10. The summed E-state index contributed by atoms with van der Waals surface area (Å²) in [5, 5.41) is 17.2. The van der Waals surface area contributed by atoms with Crippen LogP contribution in [0, 0.1) is 0 Å². The molecule has 1 aliphatic rings. The quantitative estimate of drug-likeness (QED) is 0.345. The van der Waals surface area contributed by atoms with Gasteiger partial charge in [-0.3, -0.25) is 4.98 Å². The third-order valence-corrected chi connectivity index (χ3v) is 6.17. The Morgan fingerprint density at radius 1 is 1.03 bits per heavy atom. The Kier molecular flexibility index (Phi) is 10.3. The highest BCUT2D eigenvalue weighted by Crippen LogP contribution is 2.30. The summed E-state index contributed by atoms with van der Waals surface area (Å²) < 4.78 is 5.64. The molecule has 37 heavy (non-hydrogen) atoms. The van der Waals surface area contributed by atoms with E-state index in [2.05, 4.69) is 73.0 Å². The van der Waals surface area contributed by atoms with Gasteiger partial charge in [-0.1, -0.05) is 31.2 Å². The Morgan fingerprint density at radius 2 is 1.73 bits per heavy atom. The fraction of sp³-hybridized carbons (Fsp3) is 0.429. The molecule has 0 unspecified atom stereocenters. The zero-order chi connectivity index (χ0) is 26.8. The summed E-state index contributed by atoms with van der Waals surface area (Å²) in [5.41, 5.74) is 3.17. The van der Waals surface area contributed by atoms with E-state index in [0.717, 1.165) is 74.9 Å². The van der Waals surface area contributed by atoms with Crippen molar-refractivity contribution < 1.29 is 24.5 Å². The van der Waals surface area contributed by atoms with Gasteiger partial charge in [-0.2, -0.15) is 0 Å². The first-order chi connectivity index (χ1) is 17.8. The van der Waals surface area contributed by atoms with Crippen LogP contribution in [-0.2, 0) is 20.7 Å². The number of ether oxygens (including phenoxy) is 1. The fourth-order valence-corrected chi connectivity index (χ4v) is 4.14. The first-order valence-electron chi connectivity index (χ1n) is 12.7. The van der Waals surface area contributed by atoms with Gasteiger partial charge in [0.05, 0.1) is 11.8 Å². The summed E-state index contributed by atoms with van der Waals surface area (Å²) >= 11 is 0. The second-order valence-electron chi connectivity index (χ2n) is 9.15. The number of likely N-dealkylation sites (N-methyl/N-ethyl adjacent to an activating group) is 1. The summed E-state index contributed by atoms with van der Waals surface area (Å²) in [5.74, 6) is -2.55. The van der Waals surface area contributed by atoms with E-state index >= 15 is 0 Å². The minimum atomic E-state index is -1.82. The Labute approximate surface area is 217 Å². The van der Waals surface area contributed by atoms with Gasteiger partial charge in [0.1, 0.15) is 5.82 Å². The van der Waals surface area contributed by atoms with Crippen LogP contribution in [0.3, 0.4) is 0 Å². The summed E-state index contributed by atoms with van der Waals surface area (Å²) in [6, 6.07) is 15.1. The SMILES string of the molecule is CCN1CCN(c2nc(-c3ccc(CCCOC(C)C)nc3)cc3ccccc23)CC1.O=C(O)C(=O)O. The van der Waals surface area contributed by atoms with E-state index in [1.807, 2.05) is 6.20 Å². The zero-order valence-electron chi connectivity index (χ0n) is 21.8. The molecule has 1 aromatic carbocycles. The van der Waals surface area contributed by atoms with Gasteiger partial charge in [0.15, 0.2) is 0 Å². The second-order valence-corrected chi connectivity index (χ2v) is 9.15. The van der Waals surface area contributed by atoms with Gasteiger partial charge < -0.3 is 24.7 Å². The lowest BCUT2D eigenvalue weighted by atomic mass is 10.1. The van der Waals surface area contributed by atoms with E-state index in [1.54, 1.807) is 0 Å². The Balaban J connectivity index is 0.000000568. The van der Waals surface area contributed by atoms with Gasteiger partial charge in [-0.05, 0) is 56.8 Å². The average Bonchev–Trinajstić information content (AvgIpc) is 2.91. The minimum absolute atomic E-state index is 0.286. The predicted octanol–water partition coefficient (Wildman–Crippen LogP) is 3.95. The number of benzene rings is 1. The topological polar surface area (TPSA) is 116 Å². The van der Waals surface area contributed by atoms with Gasteiger partial charge in [-0.15, -0.1) is 0 Å². The van der Waals surface area contributed by atoms with Crippen molar-refractivity contribution in [2.75, 3.05) is 44.2 Å². The van der Waals surface area contributed by atoms with Crippen LogP contribution in [0.5, 0.6) is 0 Å². The third-order valence-electron chi connectivity index (χ3n) is 6.17. The molecule has 0 radical (unpaired) electrons. The third kappa shape index (κ3) is 8.23. The number of anilines is 1. The van der Waals surface area contributed by atoms with Crippen LogP contribution in [-0.4, -0.2) is 82.5 Å². The van der Waals surface area contributed by atoms with Crippen molar-refractivity contribution in [2.45, 2.75) is 39.7 Å². The number of fused-ring (bicyclic) bond motifs is 1. The van der Waals surface area contributed by atoms with Crippen LogP contribution in [0.15, 0.2) is 48.7 Å². The number of piperazine rings is 1. The molecule has 2 aromatic heterocycles. The Hall–Kier alpha value is -3.56. The van der Waals surface area contributed by atoms with E-state index in [4.69, 9.17) is 34.5 Å². The van der Waals surface area contributed by atoms with Crippen molar-refractivity contribution in [1.29, 1.82) is 0 Å². The number of hydrogen-bond acceptors (Lipinski definition) is 7. The normalized spacial score (nSPS) is 13.9. The number of aliphatic carboxylic acids is 2. The van der Waals surface area contributed by atoms with Crippen LogP contribution >= 0.6 is 0 Å². The molecule has 198 valence electrons. The van der Waals surface area contributed by atoms with E-state index < -0.39 is 11.9 Å². The highest BCUT2D eigenvalue weighted by Gasteiger charge is 2.20. The molecule has 0 amide bonds. The van der Waals surface area contributed by atoms with Crippen molar-refractivity contribution in [3.05, 3.63) is 54.4 Å². The average molecular weight is 509 g/mol. The first kappa shape index (κ1) is 28.0. The smallest absolute Gasteiger partial charge is 0.414 e. The summed E-state index contributed by atoms with van der Waals surface area (Å²) in [4.78, 5) is 33.0. The molecule has 0 aliphatic carbocycles. The van der Waals surface area contributed by atoms with Crippen molar-refractivity contribution in [3.8, 4) is 11.3 Å². The molecule has 9 heteroatoms.